The molecule has 0 aliphatic heterocycles. The van der Waals surface area contributed by atoms with Gasteiger partial charge < -0.3 is 4.74 Å². The molecule has 0 aliphatic rings. The highest BCUT2D eigenvalue weighted by molar-refractivity contribution is 7.89. The van der Waals surface area contributed by atoms with Crippen LogP contribution in [0.5, 0.6) is 5.75 Å². The molecule has 6 nitrogen and oxygen atoms in total. The summed E-state index contributed by atoms with van der Waals surface area (Å²) < 4.78 is 28.0. The van der Waals surface area contributed by atoms with Crippen LogP contribution in [0.25, 0.3) is 0 Å². The first kappa shape index (κ1) is 17.7. The molecule has 0 radical (unpaired) electrons. The zero-order chi connectivity index (χ0) is 18.6. The second-order valence-electron chi connectivity index (χ2n) is 5.39. The van der Waals surface area contributed by atoms with Crippen LogP contribution >= 0.6 is 0 Å². The molecule has 1 amide bonds. The number of anilines is 2. The molecule has 0 saturated heterocycles. The maximum Gasteiger partial charge on any atom is 0.424 e. The topological polar surface area (TPSA) is 89.7 Å². The standard InChI is InChI=1S/C19H16N2O4S/c20-26(23,24)18-13-11-17(12-14-18)25-19(22)21(15-7-3-1-4-8-15)16-9-5-2-6-10-16/h1-14H,(H2,20,23,24). The van der Waals surface area contributed by atoms with E-state index in [1.54, 1.807) is 24.3 Å². The van der Waals surface area contributed by atoms with Crippen molar-refractivity contribution in [3.8, 4) is 5.75 Å². The van der Waals surface area contributed by atoms with Gasteiger partial charge in [-0.1, -0.05) is 36.4 Å². The van der Waals surface area contributed by atoms with E-state index < -0.39 is 16.1 Å². The Labute approximate surface area is 151 Å². The summed E-state index contributed by atoms with van der Waals surface area (Å²) in [5.41, 5.74) is 1.29. The molecule has 132 valence electrons. The Kier molecular flexibility index (Phi) is 5.01. The lowest BCUT2D eigenvalue weighted by Crippen LogP contribution is -2.29. The third-order valence-electron chi connectivity index (χ3n) is 3.57. The molecule has 3 aromatic rings. The number of carbonyl (C=O) groups is 1. The van der Waals surface area contributed by atoms with Crippen LogP contribution in [0.2, 0.25) is 0 Å². The Morgan fingerprint density at radius 1 is 0.769 bits per heavy atom. The molecule has 7 heteroatoms. The first-order chi connectivity index (χ1) is 12.4. The SMILES string of the molecule is NS(=O)(=O)c1ccc(OC(=O)N(c2ccccc2)c2ccccc2)cc1. The van der Waals surface area contributed by atoms with Gasteiger partial charge in [0.15, 0.2) is 0 Å². The molecule has 0 aromatic heterocycles. The number of nitrogens with zero attached hydrogens (tertiary/aromatic N) is 1. The van der Waals surface area contributed by atoms with Gasteiger partial charge in [0, 0.05) is 0 Å². The first-order valence-corrected chi connectivity index (χ1v) is 9.25. The van der Waals surface area contributed by atoms with Crippen molar-refractivity contribution in [1.29, 1.82) is 0 Å². The molecule has 0 aliphatic carbocycles. The number of hydrogen-bond acceptors (Lipinski definition) is 4. The van der Waals surface area contributed by atoms with Crippen molar-refractivity contribution in [1.82, 2.24) is 0 Å². The van der Waals surface area contributed by atoms with Crippen molar-refractivity contribution >= 4 is 27.5 Å². The Balaban J connectivity index is 1.89. The van der Waals surface area contributed by atoms with Crippen LogP contribution in [0.3, 0.4) is 0 Å². The molecule has 3 aromatic carbocycles. The quantitative estimate of drug-likeness (QED) is 0.761. The van der Waals surface area contributed by atoms with E-state index in [2.05, 4.69) is 0 Å². The van der Waals surface area contributed by atoms with Crippen LogP contribution in [0.1, 0.15) is 0 Å². The highest BCUT2D eigenvalue weighted by Gasteiger charge is 2.20. The van der Waals surface area contributed by atoms with E-state index >= 15 is 0 Å². The summed E-state index contributed by atoms with van der Waals surface area (Å²) in [5, 5.41) is 5.06. The molecule has 2 N–H and O–H groups in total. The number of nitrogens with two attached hydrogens (primary N) is 1. The normalized spacial score (nSPS) is 11.0. The highest BCUT2D eigenvalue weighted by atomic mass is 32.2. The molecule has 0 heterocycles. The van der Waals surface area contributed by atoms with Gasteiger partial charge in [0.2, 0.25) is 10.0 Å². The summed E-state index contributed by atoms with van der Waals surface area (Å²) in [5.74, 6) is 0.208. The Hall–Kier alpha value is -3.16. The number of primary sulfonamides is 1. The molecule has 0 saturated carbocycles. The van der Waals surface area contributed by atoms with Crippen LogP contribution in [-0.2, 0) is 10.0 Å². The van der Waals surface area contributed by atoms with E-state index in [0.717, 1.165) is 0 Å². The second-order valence-corrected chi connectivity index (χ2v) is 6.95. The lowest BCUT2D eigenvalue weighted by Gasteiger charge is -2.22. The van der Waals surface area contributed by atoms with Crippen LogP contribution in [0, 0.1) is 0 Å². The Morgan fingerprint density at radius 3 is 1.65 bits per heavy atom. The molecule has 0 atom stereocenters. The summed E-state index contributed by atoms with van der Waals surface area (Å²) in [6.07, 6.45) is -0.620. The predicted octanol–water partition coefficient (Wildman–Crippen LogP) is 3.67. The predicted molar refractivity (Wildman–Crippen MR) is 98.9 cm³/mol. The lowest BCUT2D eigenvalue weighted by molar-refractivity contribution is 0.210. The molecular weight excluding hydrogens is 352 g/mol. The minimum Gasteiger partial charge on any atom is -0.410 e. The van der Waals surface area contributed by atoms with Crippen molar-refractivity contribution in [2.75, 3.05) is 4.90 Å². The molecule has 26 heavy (non-hydrogen) atoms. The number of rotatable bonds is 4. The van der Waals surface area contributed by atoms with Crippen LogP contribution in [0.4, 0.5) is 16.2 Å². The number of sulfonamides is 1. The molecule has 0 bridgehead atoms. The van der Waals surface area contributed by atoms with Crippen molar-refractivity contribution in [3.05, 3.63) is 84.9 Å². The summed E-state index contributed by atoms with van der Waals surface area (Å²) in [4.78, 5) is 14.1. The van der Waals surface area contributed by atoms with Gasteiger partial charge in [0.25, 0.3) is 0 Å². The zero-order valence-corrected chi connectivity index (χ0v) is 14.5. The van der Waals surface area contributed by atoms with E-state index in [1.165, 1.54) is 29.2 Å². The monoisotopic (exact) mass is 368 g/mol. The third-order valence-corrected chi connectivity index (χ3v) is 4.50. The smallest absolute Gasteiger partial charge is 0.410 e. The minimum atomic E-state index is -3.80. The fraction of sp³-hybridized carbons (Fsp3) is 0. The van der Waals surface area contributed by atoms with E-state index in [1.807, 2.05) is 36.4 Å². The Bertz CT molecular complexity index is 949. The van der Waals surface area contributed by atoms with Gasteiger partial charge in [-0.05, 0) is 48.5 Å². The molecule has 0 fully saturated rings. The van der Waals surface area contributed by atoms with Crippen molar-refractivity contribution < 1.29 is 17.9 Å². The van der Waals surface area contributed by atoms with Crippen LogP contribution in [-0.4, -0.2) is 14.5 Å². The maximum absolute atomic E-state index is 12.8. The summed E-state index contributed by atoms with van der Waals surface area (Å²) in [7, 11) is -3.80. The molecule has 0 unspecified atom stereocenters. The van der Waals surface area contributed by atoms with Gasteiger partial charge in [-0.2, -0.15) is 0 Å². The van der Waals surface area contributed by atoms with Crippen molar-refractivity contribution in [2.24, 2.45) is 5.14 Å². The average molecular weight is 368 g/mol. The number of hydrogen-bond donors (Lipinski definition) is 1. The van der Waals surface area contributed by atoms with Crippen molar-refractivity contribution in [2.45, 2.75) is 4.90 Å². The summed E-state index contributed by atoms with van der Waals surface area (Å²) in [6, 6.07) is 23.5. The summed E-state index contributed by atoms with van der Waals surface area (Å²) in [6.45, 7) is 0. The number of amides is 1. The van der Waals surface area contributed by atoms with Gasteiger partial charge in [-0.3, -0.25) is 0 Å². The van der Waals surface area contributed by atoms with Crippen LogP contribution < -0.4 is 14.8 Å². The van der Waals surface area contributed by atoms with Gasteiger partial charge in [0.1, 0.15) is 5.75 Å². The maximum atomic E-state index is 12.8. The van der Waals surface area contributed by atoms with Gasteiger partial charge in [-0.25, -0.2) is 23.3 Å². The Morgan fingerprint density at radius 2 is 1.23 bits per heavy atom. The lowest BCUT2D eigenvalue weighted by atomic mass is 10.2. The largest absolute Gasteiger partial charge is 0.424 e. The second kappa shape index (κ2) is 7.38. The van der Waals surface area contributed by atoms with E-state index in [9.17, 15) is 13.2 Å². The summed E-state index contributed by atoms with van der Waals surface area (Å²) >= 11 is 0. The van der Waals surface area contributed by atoms with Crippen LogP contribution in [0.15, 0.2) is 89.8 Å². The first-order valence-electron chi connectivity index (χ1n) is 7.70. The third kappa shape index (κ3) is 4.08. The molecular formula is C19H16N2O4S. The highest BCUT2D eigenvalue weighted by Crippen LogP contribution is 2.26. The average Bonchev–Trinajstić information content (AvgIpc) is 2.63. The minimum absolute atomic E-state index is 0.0553. The van der Waals surface area contributed by atoms with Gasteiger partial charge >= 0.3 is 6.09 Å². The molecule has 3 rings (SSSR count). The fourth-order valence-corrected chi connectivity index (χ4v) is 2.87. The number of ether oxygens (including phenoxy) is 1. The molecule has 0 spiro atoms. The van der Waals surface area contributed by atoms with E-state index in [0.29, 0.717) is 11.4 Å². The number of para-hydroxylation sites is 2. The fourth-order valence-electron chi connectivity index (χ4n) is 2.36. The van der Waals surface area contributed by atoms with Gasteiger partial charge in [-0.15, -0.1) is 0 Å². The zero-order valence-electron chi connectivity index (χ0n) is 13.6. The van der Waals surface area contributed by atoms with E-state index in [-0.39, 0.29) is 10.6 Å². The van der Waals surface area contributed by atoms with Crippen molar-refractivity contribution in [3.63, 3.8) is 0 Å². The number of benzene rings is 3. The number of carbonyl (C=O) groups excluding carboxylic acids is 1. The van der Waals surface area contributed by atoms with Gasteiger partial charge in [0.05, 0.1) is 16.3 Å². The van der Waals surface area contributed by atoms with E-state index in [4.69, 9.17) is 9.88 Å².